The average molecular weight is 280 g/mol. The Morgan fingerprint density at radius 1 is 1.53 bits per heavy atom. The van der Waals surface area contributed by atoms with Gasteiger partial charge in [0, 0.05) is 11.3 Å². The number of hydrogen-bond acceptors (Lipinski definition) is 4. The normalized spacial score (nSPS) is 12.1. The number of aliphatic hydroxyl groups excluding tert-OH is 1. The van der Waals surface area contributed by atoms with Crippen molar-refractivity contribution in [2.24, 2.45) is 5.73 Å². The van der Waals surface area contributed by atoms with Gasteiger partial charge >= 0.3 is 0 Å². The summed E-state index contributed by atoms with van der Waals surface area (Å²) >= 11 is 5.63. The van der Waals surface area contributed by atoms with E-state index >= 15 is 0 Å². The number of pyridine rings is 1. The first-order chi connectivity index (χ1) is 8.90. The van der Waals surface area contributed by atoms with Crippen LogP contribution in [0.5, 0.6) is 0 Å². The molecular formula is C13H14ClN3O2. The molecule has 4 N–H and O–H groups in total. The van der Waals surface area contributed by atoms with Gasteiger partial charge in [0.1, 0.15) is 10.9 Å². The van der Waals surface area contributed by atoms with Gasteiger partial charge in [-0.3, -0.25) is 4.79 Å². The molecule has 0 aromatic carbocycles. The van der Waals surface area contributed by atoms with Gasteiger partial charge in [-0.2, -0.15) is 0 Å². The van der Waals surface area contributed by atoms with E-state index in [-0.39, 0.29) is 17.0 Å². The quantitative estimate of drug-likeness (QED) is 0.342. The Morgan fingerprint density at radius 3 is 2.74 bits per heavy atom. The van der Waals surface area contributed by atoms with E-state index in [1.807, 2.05) is 0 Å². The third-order valence-electron chi connectivity index (χ3n) is 2.12. The van der Waals surface area contributed by atoms with Crippen LogP contribution in [0.1, 0.15) is 6.92 Å². The number of hydrogen-bond donors (Lipinski definition) is 3. The lowest BCUT2D eigenvalue weighted by Crippen LogP contribution is -2.12. The number of aliphatic hydroxyl groups is 1. The van der Waals surface area contributed by atoms with Crippen molar-refractivity contribution in [3.05, 3.63) is 59.2 Å². The Balaban J connectivity index is 2.66. The van der Waals surface area contributed by atoms with E-state index in [2.05, 4.69) is 16.9 Å². The number of anilines is 1. The molecule has 19 heavy (non-hydrogen) atoms. The monoisotopic (exact) mass is 279 g/mol. The molecule has 0 bridgehead atoms. The summed E-state index contributed by atoms with van der Waals surface area (Å²) < 4.78 is 0. The molecule has 0 saturated carbocycles. The summed E-state index contributed by atoms with van der Waals surface area (Å²) in [5.41, 5.74) is 6.29. The fraction of sp³-hybridized carbons (Fsp3) is 0.0769. The number of halogens is 1. The van der Waals surface area contributed by atoms with Crippen molar-refractivity contribution in [1.82, 2.24) is 4.98 Å². The van der Waals surface area contributed by atoms with Crippen molar-refractivity contribution in [2.45, 2.75) is 6.92 Å². The van der Waals surface area contributed by atoms with Crippen LogP contribution >= 0.6 is 11.6 Å². The second-order valence-corrected chi connectivity index (χ2v) is 4.14. The van der Waals surface area contributed by atoms with Gasteiger partial charge in [-0.15, -0.1) is 0 Å². The van der Waals surface area contributed by atoms with Crippen LogP contribution in [0.25, 0.3) is 0 Å². The molecule has 1 aromatic heterocycles. The van der Waals surface area contributed by atoms with Crippen LogP contribution in [0.2, 0.25) is 5.15 Å². The molecule has 0 saturated heterocycles. The maximum absolute atomic E-state index is 11.7. The summed E-state index contributed by atoms with van der Waals surface area (Å²) in [7, 11) is 0. The third kappa shape index (κ3) is 4.85. The van der Waals surface area contributed by atoms with Gasteiger partial charge in [-0.05, 0) is 31.2 Å². The third-order valence-corrected chi connectivity index (χ3v) is 2.35. The van der Waals surface area contributed by atoms with E-state index in [4.69, 9.17) is 17.3 Å². The van der Waals surface area contributed by atoms with Crippen LogP contribution in [-0.2, 0) is 4.79 Å². The Morgan fingerprint density at radius 2 is 2.21 bits per heavy atom. The van der Waals surface area contributed by atoms with Crippen molar-refractivity contribution >= 4 is 23.2 Å². The average Bonchev–Trinajstić information content (AvgIpc) is 2.37. The lowest BCUT2D eigenvalue weighted by atomic mass is 10.2. The highest BCUT2D eigenvalue weighted by Crippen LogP contribution is 2.11. The maximum atomic E-state index is 11.7. The van der Waals surface area contributed by atoms with Crippen LogP contribution in [-0.4, -0.2) is 16.0 Å². The second-order valence-electron chi connectivity index (χ2n) is 3.75. The van der Waals surface area contributed by atoms with Gasteiger partial charge in [0.2, 0.25) is 0 Å². The number of allylic oxidation sites excluding steroid dienone is 2. The molecule has 1 rings (SSSR count). The van der Waals surface area contributed by atoms with Crippen molar-refractivity contribution in [1.29, 1.82) is 0 Å². The topological polar surface area (TPSA) is 88.2 Å². The number of rotatable bonds is 4. The van der Waals surface area contributed by atoms with Crippen molar-refractivity contribution < 1.29 is 9.90 Å². The van der Waals surface area contributed by atoms with Gasteiger partial charge in [0.15, 0.2) is 0 Å². The van der Waals surface area contributed by atoms with E-state index in [1.165, 1.54) is 18.3 Å². The van der Waals surface area contributed by atoms with Crippen molar-refractivity contribution in [3.8, 4) is 0 Å². The molecule has 5 nitrogen and oxygen atoms in total. The summed E-state index contributed by atoms with van der Waals surface area (Å²) in [6.07, 6.45) is 4.10. The smallest absolute Gasteiger partial charge is 0.255 e. The van der Waals surface area contributed by atoms with E-state index < -0.39 is 5.91 Å². The maximum Gasteiger partial charge on any atom is 0.255 e. The summed E-state index contributed by atoms with van der Waals surface area (Å²) in [5.74, 6) is -0.523. The highest BCUT2D eigenvalue weighted by atomic mass is 35.5. The van der Waals surface area contributed by atoms with Gasteiger partial charge in [0.05, 0.1) is 11.9 Å². The van der Waals surface area contributed by atoms with E-state index in [0.717, 1.165) is 0 Å². The van der Waals surface area contributed by atoms with E-state index in [0.29, 0.717) is 10.8 Å². The minimum absolute atomic E-state index is 0.109. The zero-order chi connectivity index (χ0) is 14.4. The Hall–Kier alpha value is -2.27. The van der Waals surface area contributed by atoms with Gasteiger partial charge in [-0.25, -0.2) is 4.98 Å². The summed E-state index contributed by atoms with van der Waals surface area (Å²) in [6.45, 7) is 5.12. The van der Waals surface area contributed by atoms with Crippen molar-refractivity contribution in [2.75, 3.05) is 5.32 Å². The molecule has 1 amide bonds. The molecular weight excluding hydrogens is 266 g/mol. The zero-order valence-electron chi connectivity index (χ0n) is 10.4. The molecule has 1 aromatic rings. The first kappa shape index (κ1) is 14.8. The fourth-order valence-corrected chi connectivity index (χ4v) is 1.16. The van der Waals surface area contributed by atoms with E-state index in [1.54, 1.807) is 19.1 Å². The predicted molar refractivity (Wildman–Crippen MR) is 75.7 cm³/mol. The first-order valence-corrected chi connectivity index (χ1v) is 5.73. The minimum atomic E-state index is -0.414. The number of carbonyl (C=O) groups excluding carboxylic acids is 1. The fourth-order valence-electron chi connectivity index (χ4n) is 1.05. The number of nitrogens with zero attached hydrogens (tertiary/aromatic N) is 1. The number of nitrogens with two attached hydrogens (primary N) is 1. The lowest BCUT2D eigenvalue weighted by molar-refractivity contribution is -0.112. The molecule has 100 valence electrons. The molecule has 0 aliphatic carbocycles. The molecule has 0 radical (unpaired) electrons. The standard InChI is InChI=1S/C13H14ClN3O2/c1-8(3-5-11(18)9(2)15)13(19)17-10-4-6-12(14)16-7-10/h3-7,18H,1,15H2,2H3,(H,17,19)/b5-3-,11-9-. The van der Waals surface area contributed by atoms with Gasteiger partial charge in [0.25, 0.3) is 5.91 Å². The molecule has 0 spiro atoms. The lowest BCUT2D eigenvalue weighted by Gasteiger charge is -2.04. The zero-order valence-corrected chi connectivity index (χ0v) is 11.1. The number of aromatic nitrogens is 1. The summed E-state index contributed by atoms with van der Waals surface area (Å²) in [6, 6.07) is 3.17. The molecule has 0 aliphatic rings. The van der Waals surface area contributed by atoms with Crippen molar-refractivity contribution in [3.63, 3.8) is 0 Å². The Bertz CT molecular complexity index is 544. The first-order valence-electron chi connectivity index (χ1n) is 5.35. The minimum Gasteiger partial charge on any atom is -0.506 e. The SMILES string of the molecule is C=C(/C=C\C(O)=C(/C)N)C(=O)Nc1ccc(Cl)nc1. The van der Waals surface area contributed by atoms with Gasteiger partial charge in [-0.1, -0.05) is 18.2 Å². The largest absolute Gasteiger partial charge is 0.506 e. The van der Waals surface area contributed by atoms with Crippen LogP contribution < -0.4 is 11.1 Å². The Labute approximate surface area is 116 Å². The highest BCUT2D eigenvalue weighted by Gasteiger charge is 2.05. The molecule has 1 heterocycles. The van der Waals surface area contributed by atoms with Crippen LogP contribution in [0, 0.1) is 0 Å². The van der Waals surface area contributed by atoms with Crippen LogP contribution in [0.3, 0.4) is 0 Å². The molecule has 6 heteroatoms. The Kier molecular flexibility index (Phi) is 5.14. The highest BCUT2D eigenvalue weighted by molar-refractivity contribution is 6.29. The predicted octanol–water partition coefficient (Wildman–Crippen LogP) is 2.53. The number of amides is 1. The van der Waals surface area contributed by atoms with E-state index in [9.17, 15) is 9.90 Å². The molecule has 0 unspecified atom stereocenters. The van der Waals surface area contributed by atoms with Crippen LogP contribution in [0.4, 0.5) is 5.69 Å². The van der Waals surface area contributed by atoms with Crippen LogP contribution in [0.15, 0.2) is 54.1 Å². The molecule has 0 fully saturated rings. The molecule has 0 atom stereocenters. The molecule has 0 aliphatic heterocycles. The number of nitrogens with one attached hydrogen (secondary N) is 1. The summed E-state index contributed by atoms with van der Waals surface area (Å²) in [4.78, 5) is 15.6. The van der Waals surface area contributed by atoms with Gasteiger partial charge < -0.3 is 16.2 Å². The second kappa shape index (κ2) is 6.61. The number of carbonyl (C=O) groups is 1. The summed E-state index contributed by atoms with van der Waals surface area (Å²) in [5, 5.41) is 12.3.